The Labute approximate surface area is 93.9 Å². The van der Waals surface area contributed by atoms with Crippen molar-refractivity contribution in [3.63, 3.8) is 0 Å². The molecule has 0 aliphatic carbocycles. The molecule has 15 heavy (non-hydrogen) atoms. The molecule has 2 rings (SSSR count). The first-order valence-corrected chi connectivity index (χ1v) is 5.38. The number of hydrogen-bond acceptors (Lipinski definition) is 2. The number of H-pyrrole nitrogens is 1. The van der Waals surface area contributed by atoms with Crippen LogP contribution in [0.3, 0.4) is 0 Å². The van der Waals surface area contributed by atoms with E-state index in [1.807, 2.05) is 32.0 Å². The fraction of sp³-hybridized carbons (Fsp3) is 0.250. The SMILES string of the molecule is CCOc1ccc2[nH]c(=S)c(C)cc2c1. The summed E-state index contributed by atoms with van der Waals surface area (Å²) >= 11 is 5.18. The summed E-state index contributed by atoms with van der Waals surface area (Å²) in [7, 11) is 0. The number of fused-ring (bicyclic) bond motifs is 1. The van der Waals surface area contributed by atoms with Gasteiger partial charge in [-0.05, 0) is 43.7 Å². The molecule has 1 aromatic heterocycles. The first-order chi connectivity index (χ1) is 7.20. The molecular weight excluding hydrogens is 206 g/mol. The van der Waals surface area contributed by atoms with Crippen molar-refractivity contribution in [3.05, 3.63) is 34.5 Å². The second kappa shape index (κ2) is 4.03. The Bertz CT molecular complexity index is 545. The zero-order valence-electron chi connectivity index (χ0n) is 8.83. The third kappa shape index (κ3) is 2.02. The third-order valence-corrected chi connectivity index (χ3v) is 2.74. The Hall–Kier alpha value is -1.35. The molecular formula is C12H13NOS. The third-order valence-electron chi connectivity index (χ3n) is 2.31. The Morgan fingerprint density at radius 2 is 2.13 bits per heavy atom. The van der Waals surface area contributed by atoms with Crippen LogP contribution in [0.25, 0.3) is 10.9 Å². The van der Waals surface area contributed by atoms with Crippen molar-refractivity contribution in [1.82, 2.24) is 4.98 Å². The highest BCUT2D eigenvalue weighted by Crippen LogP contribution is 2.20. The van der Waals surface area contributed by atoms with Gasteiger partial charge in [-0.15, -0.1) is 0 Å². The molecule has 0 aliphatic heterocycles. The van der Waals surface area contributed by atoms with Gasteiger partial charge in [0.2, 0.25) is 0 Å². The van der Waals surface area contributed by atoms with Crippen molar-refractivity contribution in [2.24, 2.45) is 0 Å². The Kier molecular flexibility index (Phi) is 2.73. The molecule has 0 atom stereocenters. The Morgan fingerprint density at radius 3 is 2.87 bits per heavy atom. The molecule has 1 N–H and O–H groups in total. The zero-order valence-corrected chi connectivity index (χ0v) is 9.65. The van der Waals surface area contributed by atoms with Crippen LogP contribution in [0.1, 0.15) is 12.5 Å². The number of ether oxygens (including phenoxy) is 1. The lowest BCUT2D eigenvalue weighted by atomic mass is 10.2. The minimum Gasteiger partial charge on any atom is -0.494 e. The number of aromatic nitrogens is 1. The zero-order chi connectivity index (χ0) is 10.8. The van der Waals surface area contributed by atoms with Crippen LogP contribution < -0.4 is 4.74 Å². The molecule has 1 aromatic carbocycles. The Morgan fingerprint density at radius 1 is 1.33 bits per heavy atom. The summed E-state index contributed by atoms with van der Waals surface area (Å²) in [5.74, 6) is 0.898. The van der Waals surface area contributed by atoms with E-state index in [4.69, 9.17) is 17.0 Å². The second-order valence-electron chi connectivity index (χ2n) is 3.46. The summed E-state index contributed by atoms with van der Waals surface area (Å²) in [5, 5.41) is 1.13. The van der Waals surface area contributed by atoms with Crippen LogP contribution in [-0.4, -0.2) is 11.6 Å². The number of aryl methyl sites for hydroxylation is 1. The first kappa shape index (κ1) is 10.2. The van der Waals surface area contributed by atoms with Gasteiger partial charge in [0.05, 0.1) is 6.61 Å². The van der Waals surface area contributed by atoms with Gasteiger partial charge in [0.25, 0.3) is 0 Å². The van der Waals surface area contributed by atoms with E-state index in [2.05, 4.69) is 11.1 Å². The van der Waals surface area contributed by atoms with E-state index in [0.717, 1.165) is 26.9 Å². The molecule has 2 aromatic rings. The quantitative estimate of drug-likeness (QED) is 0.780. The van der Waals surface area contributed by atoms with Crippen LogP contribution in [0.2, 0.25) is 0 Å². The van der Waals surface area contributed by atoms with Crippen molar-refractivity contribution in [2.45, 2.75) is 13.8 Å². The highest BCUT2D eigenvalue weighted by molar-refractivity contribution is 7.71. The van der Waals surface area contributed by atoms with Gasteiger partial charge in [0.1, 0.15) is 10.4 Å². The molecule has 0 radical (unpaired) electrons. The van der Waals surface area contributed by atoms with Crippen molar-refractivity contribution in [2.75, 3.05) is 6.61 Å². The van der Waals surface area contributed by atoms with Crippen LogP contribution in [-0.2, 0) is 0 Å². The average molecular weight is 219 g/mol. The van der Waals surface area contributed by atoms with E-state index < -0.39 is 0 Å². The van der Waals surface area contributed by atoms with Gasteiger partial charge in [0.15, 0.2) is 0 Å². The van der Waals surface area contributed by atoms with Crippen LogP contribution in [0.4, 0.5) is 0 Å². The molecule has 0 unspecified atom stereocenters. The van der Waals surface area contributed by atoms with Crippen LogP contribution in [0, 0.1) is 11.6 Å². The normalized spacial score (nSPS) is 10.5. The van der Waals surface area contributed by atoms with E-state index in [0.29, 0.717) is 6.61 Å². The van der Waals surface area contributed by atoms with E-state index in [1.165, 1.54) is 0 Å². The van der Waals surface area contributed by atoms with Crippen molar-refractivity contribution in [3.8, 4) is 5.75 Å². The number of rotatable bonds is 2. The van der Waals surface area contributed by atoms with E-state index in [-0.39, 0.29) is 0 Å². The fourth-order valence-electron chi connectivity index (χ4n) is 1.55. The predicted molar refractivity (Wildman–Crippen MR) is 65.0 cm³/mol. The van der Waals surface area contributed by atoms with Crippen LogP contribution in [0.5, 0.6) is 5.75 Å². The van der Waals surface area contributed by atoms with Crippen molar-refractivity contribution < 1.29 is 4.74 Å². The lowest BCUT2D eigenvalue weighted by Crippen LogP contribution is -1.91. The molecule has 2 nitrogen and oxygen atoms in total. The number of benzene rings is 1. The molecule has 0 aliphatic rings. The summed E-state index contributed by atoms with van der Waals surface area (Å²) < 4.78 is 6.24. The smallest absolute Gasteiger partial charge is 0.120 e. The molecule has 0 saturated heterocycles. The summed E-state index contributed by atoms with van der Waals surface area (Å²) in [4.78, 5) is 3.19. The second-order valence-corrected chi connectivity index (χ2v) is 3.87. The molecule has 0 bridgehead atoms. The molecule has 0 saturated carbocycles. The summed E-state index contributed by atoms with van der Waals surface area (Å²) in [6.07, 6.45) is 0. The standard InChI is InChI=1S/C12H13NOS/c1-3-14-10-4-5-11-9(7-10)6-8(2)12(15)13-11/h4-7H,3H2,1-2H3,(H,13,15). The average Bonchev–Trinajstić information content (AvgIpc) is 2.21. The lowest BCUT2D eigenvalue weighted by molar-refractivity contribution is 0.340. The highest BCUT2D eigenvalue weighted by Gasteiger charge is 1.98. The van der Waals surface area contributed by atoms with Crippen LogP contribution >= 0.6 is 12.2 Å². The molecule has 3 heteroatoms. The molecule has 1 heterocycles. The highest BCUT2D eigenvalue weighted by atomic mass is 32.1. The molecule has 0 amide bonds. The number of hydrogen-bond donors (Lipinski definition) is 1. The van der Waals surface area contributed by atoms with Gasteiger partial charge in [-0.3, -0.25) is 0 Å². The van der Waals surface area contributed by atoms with E-state index in [9.17, 15) is 0 Å². The Balaban J connectivity index is 2.61. The minimum absolute atomic E-state index is 0.688. The monoisotopic (exact) mass is 219 g/mol. The van der Waals surface area contributed by atoms with E-state index >= 15 is 0 Å². The van der Waals surface area contributed by atoms with Crippen LogP contribution in [0.15, 0.2) is 24.3 Å². The largest absolute Gasteiger partial charge is 0.494 e. The molecule has 78 valence electrons. The molecule has 0 spiro atoms. The van der Waals surface area contributed by atoms with Gasteiger partial charge in [-0.2, -0.15) is 0 Å². The minimum atomic E-state index is 0.688. The van der Waals surface area contributed by atoms with Gasteiger partial charge in [-0.25, -0.2) is 0 Å². The maximum absolute atomic E-state index is 5.44. The van der Waals surface area contributed by atoms with Gasteiger partial charge < -0.3 is 9.72 Å². The number of aromatic amines is 1. The van der Waals surface area contributed by atoms with E-state index in [1.54, 1.807) is 0 Å². The first-order valence-electron chi connectivity index (χ1n) is 4.97. The van der Waals surface area contributed by atoms with Gasteiger partial charge >= 0.3 is 0 Å². The predicted octanol–water partition coefficient (Wildman–Crippen LogP) is 3.60. The van der Waals surface area contributed by atoms with Gasteiger partial charge in [0, 0.05) is 10.9 Å². The van der Waals surface area contributed by atoms with Gasteiger partial charge in [-0.1, -0.05) is 12.2 Å². The van der Waals surface area contributed by atoms with Crippen molar-refractivity contribution in [1.29, 1.82) is 0 Å². The maximum Gasteiger partial charge on any atom is 0.120 e. The van der Waals surface area contributed by atoms with Crippen molar-refractivity contribution >= 4 is 23.1 Å². The molecule has 0 fully saturated rings. The fourth-order valence-corrected chi connectivity index (χ4v) is 1.72. The summed E-state index contributed by atoms with van der Waals surface area (Å²) in [6.45, 7) is 4.67. The number of pyridine rings is 1. The summed E-state index contributed by atoms with van der Waals surface area (Å²) in [6, 6.07) is 8.05. The summed E-state index contributed by atoms with van der Waals surface area (Å²) in [5.41, 5.74) is 2.14. The maximum atomic E-state index is 5.44. The lowest BCUT2D eigenvalue weighted by Gasteiger charge is -2.05. The number of nitrogens with one attached hydrogen (secondary N) is 1. The topological polar surface area (TPSA) is 25.0 Å².